The lowest BCUT2D eigenvalue weighted by atomic mass is 10.2. The van der Waals surface area contributed by atoms with Crippen LogP contribution in [0.2, 0.25) is 0 Å². The molecule has 0 spiro atoms. The summed E-state index contributed by atoms with van der Waals surface area (Å²) in [7, 11) is 0. The van der Waals surface area contributed by atoms with Gasteiger partial charge < -0.3 is 14.1 Å². The molecule has 0 N–H and O–H groups in total. The Labute approximate surface area is 127 Å². The summed E-state index contributed by atoms with van der Waals surface area (Å²) in [5.74, 6) is 0.405. The Morgan fingerprint density at radius 3 is 2.91 bits per heavy atom. The van der Waals surface area contributed by atoms with E-state index in [-0.39, 0.29) is 12.0 Å². The minimum Gasteiger partial charge on any atom is -0.472 e. The fourth-order valence-corrected chi connectivity index (χ4v) is 2.37. The van der Waals surface area contributed by atoms with Crippen molar-refractivity contribution in [1.82, 2.24) is 9.88 Å². The number of pyridine rings is 1. The van der Waals surface area contributed by atoms with Crippen LogP contribution in [0.25, 0.3) is 0 Å². The number of hydrogen-bond donors (Lipinski definition) is 0. The molecule has 0 radical (unpaired) electrons. The first-order valence-corrected chi connectivity index (χ1v) is 7.09. The van der Waals surface area contributed by atoms with Gasteiger partial charge in [-0.25, -0.2) is 9.78 Å². The maximum atomic E-state index is 12.3. The number of aryl methyl sites for hydroxylation is 1. The first-order valence-electron chi connectivity index (χ1n) is 7.09. The van der Waals surface area contributed by atoms with E-state index in [4.69, 9.17) is 9.15 Å². The summed E-state index contributed by atoms with van der Waals surface area (Å²) in [6.07, 6.45) is 3.62. The van der Waals surface area contributed by atoms with E-state index in [1.54, 1.807) is 11.1 Å². The van der Waals surface area contributed by atoms with E-state index in [0.29, 0.717) is 24.5 Å². The maximum absolute atomic E-state index is 12.3. The highest BCUT2D eigenvalue weighted by molar-refractivity contribution is 5.93. The molecule has 0 bridgehead atoms. The van der Waals surface area contributed by atoms with Crippen LogP contribution >= 0.6 is 0 Å². The Balaban J connectivity index is 1.62. The molecule has 114 valence electrons. The zero-order valence-corrected chi connectivity index (χ0v) is 12.2. The minimum atomic E-state index is -0.468. The van der Waals surface area contributed by atoms with Crippen molar-refractivity contribution < 1.29 is 13.9 Å². The molecule has 6 nitrogen and oxygen atoms in total. The first kappa shape index (κ1) is 14.3. The van der Waals surface area contributed by atoms with Gasteiger partial charge in [-0.05, 0) is 18.6 Å². The fraction of sp³-hybridized carbons (Fsp3) is 0.312. The van der Waals surface area contributed by atoms with E-state index in [9.17, 15) is 9.59 Å². The van der Waals surface area contributed by atoms with Gasteiger partial charge in [-0.2, -0.15) is 0 Å². The number of ether oxygens (including phenoxy) is 1. The van der Waals surface area contributed by atoms with Crippen LogP contribution in [0.5, 0.6) is 5.88 Å². The summed E-state index contributed by atoms with van der Waals surface area (Å²) >= 11 is 0. The standard InChI is InChI=1S/C16H16N2O4/c1-11-2-4-14(17-8-11)22-13-6-7-18(9-13)16(20)12-3-5-15(19)21-10-12/h2-5,8,10,13H,6-7,9H2,1H3. The van der Waals surface area contributed by atoms with Crippen molar-refractivity contribution in [2.75, 3.05) is 13.1 Å². The van der Waals surface area contributed by atoms with Crippen molar-refractivity contribution in [3.63, 3.8) is 0 Å². The summed E-state index contributed by atoms with van der Waals surface area (Å²) in [5.41, 5.74) is 0.972. The van der Waals surface area contributed by atoms with Gasteiger partial charge in [0.05, 0.1) is 12.1 Å². The Morgan fingerprint density at radius 1 is 1.36 bits per heavy atom. The molecule has 1 fully saturated rings. The Bertz CT molecular complexity index is 703. The zero-order chi connectivity index (χ0) is 15.5. The molecule has 3 heterocycles. The normalized spacial score (nSPS) is 17.5. The van der Waals surface area contributed by atoms with Crippen LogP contribution in [0.4, 0.5) is 0 Å². The van der Waals surface area contributed by atoms with Gasteiger partial charge in [0.1, 0.15) is 12.4 Å². The van der Waals surface area contributed by atoms with E-state index >= 15 is 0 Å². The lowest BCUT2D eigenvalue weighted by Gasteiger charge is -2.16. The molecular formula is C16H16N2O4. The molecule has 6 heteroatoms. The number of carbonyl (C=O) groups excluding carboxylic acids is 1. The van der Waals surface area contributed by atoms with E-state index < -0.39 is 5.63 Å². The zero-order valence-electron chi connectivity index (χ0n) is 12.2. The van der Waals surface area contributed by atoms with Crippen LogP contribution in [-0.4, -0.2) is 35.0 Å². The largest absolute Gasteiger partial charge is 0.472 e. The highest BCUT2D eigenvalue weighted by atomic mass is 16.5. The van der Waals surface area contributed by atoms with Gasteiger partial charge in [0.25, 0.3) is 5.91 Å². The molecule has 1 aliphatic rings. The third kappa shape index (κ3) is 3.16. The number of aromatic nitrogens is 1. The smallest absolute Gasteiger partial charge is 0.335 e. The minimum absolute atomic E-state index is 0.0742. The molecule has 0 aromatic carbocycles. The van der Waals surface area contributed by atoms with Gasteiger partial charge in [-0.15, -0.1) is 0 Å². The van der Waals surface area contributed by atoms with Gasteiger partial charge in [0.2, 0.25) is 5.88 Å². The molecule has 22 heavy (non-hydrogen) atoms. The topological polar surface area (TPSA) is 72.6 Å². The third-order valence-corrected chi connectivity index (χ3v) is 3.55. The SMILES string of the molecule is Cc1ccc(OC2CCN(C(=O)c3ccc(=O)oc3)C2)nc1. The second kappa shape index (κ2) is 6.01. The van der Waals surface area contributed by atoms with Gasteiger partial charge in [-0.3, -0.25) is 4.79 Å². The number of amides is 1. The molecule has 1 amide bonds. The Kier molecular flexibility index (Phi) is 3.91. The van der Waals surface area contributed by atoms with E-state index in [1.165, 1.54) is 18.4 Å². The Morgan fingerprint density at radius 2 is 2.23 bits per heavy atom. The Hall–Kier alpha value is -2.63. The molecule has 0 aliphatic carbocycles. The molecule has 1 saturated heterocycles. The van der Waals surface area contributed by atoms with Crippen LogP contribution in [0.1, 0.15) is 22.3 Å². The summed E-state index contributed by atoms with van der Waals surface area (Å²) in [4.78, 5) is 29.1. The van der Waals surface area contributed by atoms with Gasteiger partial charge in [0.15, 0.2) is 0 Å². The van der Waals surface area contributed by atoms with Gasteiger partial charge >= 0.3 is 5.63 Å². The summed E-state index contributed by atoms with van der Waals surface area (Å²) in [6.45, 7) is 3.06. The van der Waals surface area contributed by atoms with Crippen LogP contribution < -0.4 is 10.4 Å². The molecule has 1 atom stereocenters. The highest BCUT2D eigenvalue weighted by Gasteiger charge is 2.28. The van der Waals surface area contributed by atoms with Crippen molar-refractivity contribution in [1.29, 1.82) is 0 Å². The van der Waals surface area contributed by atoms with Crippen molar-refractivity contribution in [2.24, 2.45) is 0 Å². The van der Waals surface area contributed by atoms with Crippen molar-refractivity contribution >= 4 is 5.91 Å². The van der Waals surface area contributed by atoms with E-state index in [0.717, 1.165) is 12.0 Å². The van der Waals surface area contributed by atoms with E-state index in [1.807, 2.05) is 19.1 Å². The predicted octanol–water partition coefficient (Wildman–Crippen LogP) is 1.64. The lowest BCUT2D eigenvalue weighted by molar-refractivity contribution is 0.0768. The molecule has 2 aromatic heterocycles. The number of carbonyl (C=O) groups is 1. The van der Waals surface area contributed by atoms with Crippen molar-refractivity contribution in [3.05, 3.63) is 58.3 Å². The predicted molar refractivity (Wildman–Crippen MR) is 78.9 cm³/mol. The van der Waals surface area contributed by atoms with Crippen LogP contribution in [-0.2, 0) is 0 Å². The van der Waals surface area contributed by atoms with Crippen LogP contribution in [0.3, 0.4) is 0 Å². The second-order valence-electron chi connectivity index (χ2n) is 5.30. The fourth-order valence-electron chi connectivity index (χ4n) is 2.37. The number of nitrogens with zero attached hydrogens (tertiary/aromatic N) is 2. The first-order chi connectivity index (χ1) is 10.6. The number of hydrogen-bond acceptors (Lipinski definition) is 5. The maximum Gasteiger partial charge on any atom is 0.335 e. The average molecular weight is 300 g/mol. The average Bonchev–Trinajstić information content (AvgIpc) is 2.98. The summed E-state index contributed by atoms with van der Waals surface area (Å²) in [5, 5.41) is 0. The molecule has 2 aromatic rings. The van der Waals surface area contributed by atoms with E-state index in [2.05, 4.69) is 4.98 Å². The number of rotatable bonds is 3. The highest BCUT2D eigenvalue weighted by Crippen LogP contribution is 2.18. The van der Waals surface area contributed by atoms with Crippen LogP contribution in [0.15, 0.2) is 45.9 Å². The quantitative estimate of drug-likeness (QED) is 0.861. The summed E-state index contributed by atoms with van der Waals surface area (Å²) < 4.78 is 10.5. The second-order valence-corrected chi connectivity index (χ2v) is 5.30. The van der Waals surface area contributed by atoms with Gasteiger partial charge in [0, 0.05) is 31.3 Å². The monoisotopic (exact) mass is 300 g/mol. The lowest BCUT2D eigenvalue weighted by Crippen LogP contribution is -2.31. The molecule has 1 aliphatic heterocycles. The van der Waals surface area contributed by atoms with Crippen molar-refractivity contribution in [2.45, 2.75) is 19.4 Å². The van der Waals surface area contributed by atoms with Crippen molar-refractivity contribution in [3.8, 4) is 5.88 Å². The van der Waals surface area contributed by atoms with Gasteiger partial charge in [-0.1, -0.05) is 6.07 Å². The summed E-state index contributed by atoms with van der Waals surface area (Å²) in [6, 6.07) is 6.48. The molecule has 0 saturated carbocycles. The number of likely N-dealkylation sites (tertiary alicyclic amines) is 1. The molecule has 1 unspecified atom stereocenters. The van der Waals surface area contributed by atoms with Crippen LogP contribution in [0, 0.1) is 6.92 Å². The molecular weight excluding hydrogens is 284 g/mol. The molecule has 3 rings (SSSR count). The third-order valence-electron chi connectivity index (χ3n) is 3.55.